The first-order chi connectivity index (χ1) is 12.9. The normalized spacial score (nSPS) is 24.9. The van der Waals surface area contributed by atoms with Gasteiger partial charge in [-0.2, -0.15) is 0 Å². The first-order valence-corrected chi connectivity index (χ1v) is 10.7. The molecule has 5 heteroatoms. The highest BCUT2D eigenvalue weighted by atomic mass is 16.5. The van der Waals surface area contributed by atoms with Crippen molar-refractivity contribution in [3.8, 4) is 0 Å². The molecule has 158 valence electrons. The maximum absolute atomic E-state index is 11.1. The molecule has 1 saturated carbocycles. The molecule has 1 unspecified atom stereocenters. The summed E-state index contributed by atoms with van der Waals surface area (Å²) >= 11 is 0. The summed E-state index contributed by atoms with van der Waals surface area (Å²) in [5, 5.41) is 20.5. The summed E-state index contributed by atoms with van der Waals surface area (Å²) in [5.74, 6) is 0.375. The Morgan fingerprint density at radius 1 is 1.19 bits per heavy atom. The number of ether oxygens (including phenoxy) is 2. The van der Waals surface area contributed by atoms with Crippen molar-refractivity contribution in [1.82, 2.24) is 0 Å². The first-order valence-electron chi connectivity index (χ1n) is 10.7. The van der Waals surface area contributed by atoms with Crippen molar-refractivity contribution in [3.05, 3.63) is 12.3 Å². The molecule has 1 aliphatic carbocycles. The molecule has 0 radical (unpaired) electrons. The van der Waals surface area contributed by atoms with Crippen molar-refractivity contribution in [3.63, 3.8) is 0 Å². The Morgan fingerprint density at radius 2 is 1.93 bits per heavy atom. The quantitative estimate of drug-likeness (QED) is 0.262. The standard InChI is InChI=1S/C22H40O5/c1-4-5-13-22(2,25)14-10-15-27-20-17-18(16-19(20)23)11-8-6-7-9-12-21(24)26-3/h10,15,18-20,23,25H,4-9,11-14,16-17H2,1-3H3/t18-,19+,20+,22?/m1/s1. The predicted octanol–water partition coefficient (Wildman–Crippen LogP) is 4.50. The summed E-state index contributed by atoms with van der Waals surface area (Å²) in [4.78, 5) is 11.1. The predicted molar refractivity (Wildman–Crippen MR) is 107 cm³/mol. The molecule has 1 rings (SSSR count). The van der Waals surface area contributed by atoms with Crippen molar-refractivity contribution < 1.29 is 24.5 Å². The van der Waals surface area contributed by atoms with Gasteiger partial charge in [0.2, 0.25) is 0 Å². The molecule has 2 N–H and O–H groups in total. The van der Waals surface area contributed by atoms with E-state index in [1.807, 2.05) is 13.0 Å². The van der Waals surface area contributed by atoms with Crippen LogP contribution in [0.5, 0.6) is 0 Å². The van der Waals surface area contributed by atoms with Crippen molar-refractivity contribution in [2.75, 3.05) is 7.11 Å². The fourth-order valence-electron chi connectivity index (χ4n) is 3.73. The van der Waals surface area contributed by atoms with Crippen LogP contribution in [0.25, 0.3) is 0 Å². The number of esters is 1. The Labute approximate surface area is 165 Å². The second-order valence-electron chi connectivity index (χ2n) is 8.28. The Hall–Kier alpha value is -1.07. The Morgan fingerprint density at radius 3 is 2.63 bits per heavy atom. The maximum atomic E-state index is 11.1. The van der Waals surface area contributed by atoms with Crippen LogP contribution in [-0.4, -0.2) is 41.1 Å². The average molecular weight is 385 g/mol. The minimum absolute atomic E-state index is 0.131. The topological polar surface area (TPSA) is 76.0 Å². The number of hydrogen-bond donors (Lipinski definition) is 2. The van der Waals surface area contributed by atoms with E-state index in [0.29, 0.717) is 18.8 Å². The highest BCUT2D eigenvalue weighted by Crippen LogP contribution is 2.32. The monoisotopic (exact) mass is 384 g/mol. The second kappa shape index (κ2) is 13.2. The van der Waals surface area contributed by atoms with Crippen LogP contribution in [0.4, 0.5) is 0 Å². The van der Waals surface area contributed by atoms with Gasteiger partial charge in [-0.05, 0) is 51.0 Å². The number of carbonyl (C=O) groups excluding carboxylic acids is 1. The molecule has 0 amide bonds. The molecule has 5 nitrogen and oxygen atoms in total. The van der Waals surface area contributed by atoms with E-state index in [9.17, 15) is 15.0 Å². The Balaban J connectivity index is 2.15. The fourth-order valence-corrected chi connectivity index (χ4v) is 3.73. The molecule has 0 bridgehead atoms. The first kappa shape index (κ1) is 24.0. The lowest BCUT2D eigenvalue weighted by Crippen LogP contribution is -2.23. The molecule has 0 spiro atoms. The third-order valence-electron chi connectivity index (χ3n) is 5.52. The minimum atomic E-state index is -0.680. The van der Waals surface area contributed by atoms with Gasteiger partial charge in [0.05, 0.1) is 25.1 Å². The summed E-state index contributed by atoms with van der Waals surface area (Å²) < 4.78 is 10.4. The molecular formula is C22H40O5. The molecular weight excluding hydrogens is 344 g/mol. The maximum Gasteiger partial charge on any atom is 0.305 e. The van der Waals surface area contributed by atoms with E-state index in [0.717, 1.165) is 64.2 Å². The van der Waals surface area contributed by atoms with E-state index < -0.39 is 11.7 Å². The van der Waals surface area contributed by atoms with E-state index in [-0.39, 0.29) is 12.1 Å². The lowest BCUT2D eigenvalue weighted by molar-refractivity contribution is -0.140. The van der Waals surface area contributed by atoms with Crippen molar-refractivity contribution in [2.45, 2.75) is 109 Å². The van der Waals surface area contributed by atoms with Crippen LogP contribution < -0.4 is 0 Å². The molecule has 0 aromatic heterocycles. The van der Waals surface area contributed by atoms with Crippen LogP contribution in [0.2, 0.25) is 0 Å². The Kier molecular flexibility index (Phi) is 11.7. The number of aliphatic hydroxyl groups is 2. The van der Waals surface area contributed by atoms with Crippen LogP contribution in [0.15, 0.2) is 12.3 Å². The summed E-state index contributed by atoms with van der Waals surface area (Å²) in [6, 6.07) is 0. The average Bonchev–Trinajstić information content (AvgIpc) is 2.99. The Bertz CT molecular complexity index is 432. The number of hydrogen-bond acceptors (Lipinski definition) is 5. The van der Waals surface area contributed by atoms with Crippen LogP contribution in [-0.2, 0) is 14.3 Å². The number of rotatable bonds is 14. The largest absolute Gasteiger partial charge is 0.496 e. The second-order valence-corrected chi connectivity index (χ2v) is 8.28. The van der Waals surface area contributed by atoms with Gasteiger partial charge >= 0.3 is 5.97 Å². The van der Waals surface area contributed by atoms with Gasteiger partial charge in [0.15, 0.2) is 0 Å². The van der Waals surface area contributed by atoms with Gasteiger partial charge < -0.3 is 19.7 Å². The van der Waals surface area contributed by atoms with Crippen molar-refractivity contribution in [1.29, 1.82) is 0 Å². The SMILES string of the molecule is CCCCC(C)(O)CC=CO[C@H]1C[C@H](CCCCCCC(=O)OC)C[C@@H]1O. The molecule has 1 fully saturated rings. The van der Waals surface area contributed by atoms with E-state index in [1.165, 1.54) is 7.11 Å². The molecule has 1 aliphatic rings. The molecule has 0 saturated heterocycles. The van der Waals surface area contributed by atoms with Gasteiger partial charge in [-0.15, -0.1) is 0 Å². The highest BCUT2D eigenvalue weighted by molar-refractivity contribution is 5.68. The third kappa shape index (κ3) is 10.7. The minimum Gasteiger partial charge on any atom is -0.496 e. The summed E-state index contributed by atoms with van der Waals surface area (Å²) in [6.45, 7) is 3.98. The number of carbonyl (C=O) groups is 1. The van der Waals surface area contributed by atoms with Crippen LogP contribution in [0.1, 0.15) is 90.9 Å². The molecule has 0 aromatic carbocycles. The lowest BCUT2D eigenvalue weighted by Gasteiger charge is -2.21. The van der Waals surface area contributed by atoms with Gasteiger partial charge in [0.25, 0.3) is 0 Å². The zero-order valence-corrected chi connectivity index (χ0v) is 17.5. The zero-order chi connectivity index (χ0) is 20.1. The molecule has 0 aromatic rings. The zero-order valence-electron chi connectivity index (χ0n) is 17.5. The summed E-state index contributed by atoms with van der Waals surface area (Å²) in [7, 11) is 1.43. The van der Waals surface area contributed by atoms with Gasteiger partial charge in [0, 0.05) is 6.42 Å². The van der Waals surface area contributed by atoms with Gasteiger partial charge in [-0.1, -0.05) is 45.4 Å². The van der Waals surface area contributed by atoms with Crippen molar-refractivity contribution in [2.24, 2.45) is 5.92 Å². The van der Waals surface area contributed by atoms with Gasteiger partial charge in [0.1, 0.15) is 6.10 Å². The smallest absolute Gasteiger partial charge is 0.305 e. The van der Waals surface area contributed by atoms with Crippen LogP contribution >= 0.6 is 0 Å². The van der Waals surface area contributed by atoms with Crippen LogP contribution in [0.3, 0.4) is 0 Å². The number of aliphatic hydroxyl groups excluding tert-OH is 1. The van der Waals surface area contributed by atoms with E-state index >= 15 is 0 Å². The fraction of sp³-hybridized carbons (Fsp3) is 0.864. The van der Waals surface area contributed by atoms with Gasteiger partial charge in [-0.25, -0.2) is 0 Å². The molecule has 4 atom stereocenters. The van der Waals surface area contributed by atoms with E-state index in [1.54, 1.807) is 6.26 Å². The third-order valence-corrected chi connectivity index (χ3v) is 5.52. The van der Waals surface area contributed by atoms with E-state index in [4.69, 9.17) is 4.74 Å². The number of methoxy groups -OCH3 is 1. The van der Waals surface area contributed by atoms with Gasteiger partial charge in [-0.3, -0.25) is 4.79 Å². The highest BCUT2D eigenvalue weighted by Gasteiger charge is 2.33. The van der Waals surface area contributed by atoms with Crippen molar-refractivity contribution >= 4 is 5.97 Å². The summed E-state index contributed by atoms with van der Waals surface area (Å²) in [5.41, 5.74) is -0.680. The molecule has 0 heterocycles. The summed E-state index contributed by atoms with van der Waals surface area (Å²) in [6.07, 6.45) is 13.9. The molecule has 0 aliphatic heterocycles. The number of unbranched alkanes of at least 4 members (excludes halogenated alkanes) is 4. The van der Waals surface area contributed by atoms with Crippen LogP contribution in [0, 0.1) is 5.92 Å². The molecule has 27 heavy (non-hydrogen) atoms. The lowest BCUT2D eigenvalue weighted by atomic mass is 9.95. The van der Waals surface area contributed by atoms with E-state index in [2.05, 4.69) is 11.7 Å².